The Morgan fingerprint density at radius 3 is 2.75 bits per heavy atom. The number of benzene rings is 1. The molecular weight excluding hydrogens is 306 g/mol. The second-order valence-electron chi connectivity index (χ2n) is 6.01. The van der Waals surface area contributed by atoms with Crippen molar-refractivity contribution in [1.82, 2.24) is 20.5 Å². The van der Waals surface area contributed by atoms with Crippen LogP contribution in [0, 0.1) is 0 Å². The molecule has 0 saturated heterocycles. The highest BCUT2D eigenvalue weighted by atomic mass is 16.5. The predicted octanol–water partition coefficient (Wildman–Crippen LogP) is 2.03. The smallest absolute Gasteiger partial charge is 0.227 e. The zero-order chi connectivity index (χ0) is 16.8. The monoisotopic (exact) mass is 329 g/mol. The standard InChI is InChI=1S/C17H23N5O2/c1-24-14-8-6-12(7-9-14)18-11-16-20-15(21-22-16)10-17(23)19-13-4-2-3-5-13/h6-9,13,18H,2-5,10-11H2,1H3,(H,19,23)(H,20,21,22). The molecule has 0 atom stereocenters. The van der Waals surface area contributed by atoms with Crippen LogP contribution in [-0.4, -0.2) is 34.2 Å². The molecule has 24 heavy (non-hydrogen) atoms. The lowest BCUT2D eigenvalue weighted by Gasteiger charge is -2.10. The van der Waals surface area contributed by atoms with E-state index >= 15 is 0 Å². The van der Waals surface area contributed by atoms with Gasteiger partial charge < -0.3 is 15.4 Å². The lowest BCUT2D eigenvalue weighted by atomic mass is 10.2. The molecule has 1 fully saturated rings. The van der Waals surface area contributed by atoms with Gasteiger partial charge in [-0.05, 0) is 37.1 Å². The first-order valence-electron chi connectivity index (χ1n) is 8.30. The van der Waals surface area contributed by atoms with Gasteiger partial charge in [-0.25, -0.2) is 4.98 Å². The highest BCUT2D eigenvalue weighted by Gasteiger charge is 2.18. The third-order valence-corrected chi connectivity index (χ3v) is 4.17. The van der Waals surface area contributed by atoms with Gasteiger partial charge in [-0.15, -0.1) is 0 Å². The Bertz CT molecular complexity index is 662. The Labute approximate surface area is 141 Å². The molecule has 1 amide bonds. The van der Waals surface area contributed by atoms with Gasteiger partial charge >= 0.3 is 0 Å². The van der Waals surface area contributed by atoms with E-state index in [1.165, 1.54) is 12.8 Å². The van der Waals surface area contributed by atoms with E-state index in [0.29, 0.717) is 24.2 Å². The fourth-order valence-corrected chi connectivity index (χ4v) is 2.88. The first-order chi connectivity index (χ1) is 11.7. The van der Waals surface area contributed by atoms with Gasteiger partial charge in [-0.3, -0.25) is 9.89 Å². The van der Waals surface area contributed by atoms with Crippen molar-refractivity contribution >= 4 is 11.6 Å². The van der Waals surface area contributed by atoms with Crippen LogP contribution in [-0.2, 0) is 17.8 Å². The minimum atomic E-state index is -0.00411. The molecule has 1 aliphatic rings. The van der Waals surface area contributed by atoms with Crippen LogP contribution in [0.3, 0.4) is 0 Å². The van der Waals surface area contributed by atoms with E-state index in [1.54, 1.807) is 7.11 Å². The summed E-state index contributed by atoms with van der Waals surface area (Å²) in [5.41, 5.74) is 0.965. The van der Waals surface area contributed by atoms with Crippen LogP contribution in [0.1, 0.15) is 37.3 Å². The molecule has 0 spiro atoms. The molecule has 7 heteroatoms. The van der Waals surface area contributed by atoms with Crippen molar-refractivity contribution in [3.8, 4) is 5.75 Å². The number of methoxy groups -OCH3 is 1. The van der Waals surface area contributed by atoms with Crippen molar-refractivity contribution in [2.24, 2.45) is 0 Å². The average Bonchev–Trinajstić information content (AvgIpc) is 3.25. The van der Waals surface area contributed by atoms with Crippen molar-refractivity contribution < 1.29 is 9.53 Å². The van der Waals surface area contributed by atoms with Crippen molar-refractivity contribution in [1.29, 1.82) is 0 Å². The maximum Gasteiger partial charge on any atom is 0.227 e. The molecule has 1 aliphatic carbocycles. The number of ether oxygens (including phenoxy) is 1. The topological polar surface area (TPSA) is 91.9 Å². The number of nitrogens with one attached hydrogen (secondary N) is 3. The van der Waals surface area contributed by atoms with Crippen LogP contribution in [0.2, 0.25) is 0 Å². The van der Waals surface area contributed by atoms with E-state index < -0.39 is 0 Å². The predicted molar refractivity (Wildman–Crippen MR) is 90.8 cm³/mol. The van der Waals surface area contributed by atoms with E-state index in [9.17, 15) is 4.79 Å². The van der Waals surface area contributed by atoms with E-state index in [4.69, 9.17) is 4.74 Å². The molecule has 0 bridgehead atoms. The number of aromatic nitrogens is 3. The lowest BCUT2D eigenvalue weighted by molar-refractivity contribution is -0.121. The summed E-state index contributed by atoms with van der Waals surface area (Å²) in [7, 11) is 1.64. The first-order valence-corrected chi connectivity index (χ1v) is 8.30. The highest BCUT2D eigenvalue weighted by Crippen LogP contribution is 2.17. The van der Waals surface area contributed by atoms with Crippen LogP contribution < -0.4 is 15.4 Å². The van der Waals surface area contributed by atoms with Gasteiger partial charge in [0.05, 0.1) is 20.1 Å². The summed E-state index contributed by atoms with van der Waals surface area (Å²) in [6, 6.07) is 7.98. The zero-order valence-corrected chi connectivity index (χ0v) is 13.8. The molecule has 0 aliphatic heterocycles. The quantitative estimate of drug-likeness (QED) is 0.723. The molecular formula is C17H23N5O2. The van der Waals surface area contributed by atoms with Crippen molar-refractivity contribution in [2.45, 2.75) is 44.7 Å². The summed E-state index contributed by atoms with van der Waals surface area (Å²) in [6.45, 7) is 0.517. The summed E-state index contributed by atoms with van der Waals surface area (Å²) >= 11 is 0. The highest BCUT2D eigenvalue weighted by molar-refractivity contribution is 5.78. The number of aromatic amines is 1. The number of hydrogen-bond acceptors (Lipinski definition) is 5. The molecule has 0 unspecified atom stereocenters. The number of H-pyrrole nitrogens is 1. The molecule has 1 heterocycles. The average molecular weight is 329 g/mol. The molecule has 0 radical (unpaired) electrons. The van der Waals surface area contributed by atoms with Gasteiger partial charge in [0.15, 0.2) is 5.82 Å². The van der Waals surface area contributed by atoms with Gasteiger partial charge in [0, 0.05) is 11.7 Å². The molecule has 1 aromatic carbocycles. The van der Waals surface area contributed by atoms with E-state index in [0.717, 1.165) is 24.3 Å². The summed E-state index contributed by atoms with van der Waals surface area (Å²) in [6.07, 6.45) is 4.78. The Balaban J connectivity index is 1.46. The third kappa shape index (κ3) is 4.47. The molecule has 1 aromatic heterocycles. The van der Waals surface area contributed by atoms with Gasteiger partial charge in [-0.2, -0.15) is 5.10 Å². The number of carbonyl (C=O) groups is 1. The van der Waals surface area contributed by atoms with E-state index in [1.807, 2.05) is 24.3 Å². The van der Waals surface area contributed by atoms with E-state index in [2.05, 4.69) is 25.8 Å². The molecule has 3 N–H and O–H groups in total. The van der Waals surface area contributed by atoms with E-state index in [-0.39, 0.29) is 12.3 Å². The number of nitrogens with zero attached hydrogens (tertiary/aromatic N) is 2. The Kier molecular flexibility index (Phi) is 5.30. The largest absolute Gasteiger partial charge is 0.497 e. The lowest BCUT2D eigenvalue weighted by Crippen LogP contribution is -2.33. The summed E-state index contributed by atoms with van der Waals surface area (Å²) in [5, 5.41) is 13.3. The van der Waals surface area contributed by atoms with Crippen LogP contribution in [0.15, 0.2) is 24.3 Å². The number of anilines is 1. The Hall–Kier alpha value is -2.57. The summed E-state index contributed by atoms with van der Waals surface area (Å²) < 4.78 is 5.13. The molecule has 128 valence electrons. The number of amides is 1. The molecule has 2 aromatic rings. The Morgan fingerprint density at radius 1 is 1.29 bits per heavy atom. The second kappa shape index (κ2) is 7.81. The van der Waals surface area contributed by atoms with Crippen LogP contribution in [0.4, 0.5) is 5.69 Å². The fourth-order valence-electron chi connectivity index (χ4n) is 2.88. The van der Waals surface area contributed by atoms with Gasteiger partial charge in [-0.1, -0.05) is 12.8 Å². The first kappa shape index (κ1) is 16.3. The van der Waals surface area contributed by atoms with Gasteiger partial charge in [0.1, 0.15) is 11.6 Å². The minimum absolute atomic E-state index is 0.00411. The summed E-state index contributed by atoms with van der Waals surface area (Å²) in [4.78, 5) is 16.3. The molecule has 1 saturated carbocycles. The Morgan fingerprint density at radius 2 is 2.04 bits per heavy atom. The number of carbonyl (C=O) groups excluding carboxylic acids is 1. The van der Waals surface area contributed by atoms with Crippen LogP contribution in [0.5, 0.6) is 5.75 Å². The van der Waals surface area contributed by atoms with Crippen molar-refractivity contribution in [2.75, 3.05) is 12.4 Å². The SMILES string of the molecule is COc1ccc(NCc2nc(CC(=O)NC3CCCC3)n[nH]2)cc1. The zero-order valence-electron chi connectivity index (χ0n) is 13.8. The molecule has 7 nitrogen and oxygen atoms in total. The number of rotatable bonds is 7. The summed E-state index contributed by atoms with van der Waals surface area (Å²) in [5.74, 6) is 2.04. The van der Waals surface area contributed by atoms with Crippen molar-refractivity contribution in [3.05, 3.63) is 35.9 Å². The van der Waals surface area contributed by atoms with Crippen LogP contribution in [0.25, 0.3) is 0 Å². The van der Waals surface area contributed by atoms with Gasteiger partial charge in [0.2, 0.25) is 5.91 Å². The number of hydrogen-bond donors (Lipinski definition) is 3. The second-order valence-corrected chi connectivity index (χ2v) is 6.01. The maximum atomic E-state index is 12.0. The van der Waals surface area contributed by atoms with Gasteiger partial charge in [0.25, 0.3) is 0 Å². The van der Waals surface area contributed by atoms with Crippen LogP contribution >= 0.6 is 0 Å². The third-order valence-electron chi connectivity index (χ3n) is 4.17. The fraction of sp³-hybridized carbons (Fsp3) is 0.471. The maximum absolute atomic E-state index is 12.0. The van der Waals surface area contributed by atoms with Crippen molar-refractivity contribution in [3.63, 3.8) is 0 Å². The minimum Gasteiger partial charge on any atom is -0.497 e. The molecule has 3 rings (SSSR count). The normalized spacial score (nSPS) is 14.5.